The summed E-state index contributed by atoms with van der Waals surface area (Å²) >= 11 is 0. The average molecular weight is 219 g/mol. The molecule has 0 spiro atoms. The lowest BCUT2D eigenvalue weighted by atomic mass is 10.2. The van der Waals surface area contributed by atoms with Gasteiger partial charge in [-0.2, -0.15) is 0 Å². The zero-order chi connectivity index (χ0) is 11.5. The molecule has 4 heteroatoms. The molecule has 0 aliphatic rings. The maximum Gasteiger partial charge on any atom is 0.0701 e. The van der Waals surface area contributed by atoms with Gasteiger partial charge < -0.3 is 19.5 Å². The number of rotatable bonds is 10. The lowest BCUT2D eigenvalue weighted by Gasteiger charge is -2.19. The van der Waals surface area contributed by atoms with Gasteiger partial charge in [-0.25, -0.2) is 0 Å². The third-order valence-corrected chi connectivity index (χ3v) is 2.12. The molecule has 0 aliphatic heterocycles. The summed E-state index contributed by atoms with van der Waals surface area (Å²) in [6.45, 7) is 7.12. The van der Waals surface area contributed by atoms with Crippen LogP contribution in [0.4, 0.5) is 0 Å². The molecule has 0 heterocycles. The summed E-state index contributed by atoms with van der Waals surface area (Å²) in [7, 11) is 3.40. The maximum atomic E-state index is 5.42. The quantitative estimate of drug-likeness (QED) is 0.558. The number of nitrogens with one attached hydrogen (secondary N) is 1. The summed E-state index contributed by atoms with van der Waals surface area (Å²) in [5, 5.41) is 3.45. The highest BCUT2D eigenvalue weighted by atomic mass is 16.5. The Hall–Kier alpha value is -0.160. The first-order valence-electron chi connectivity index (χ1n) is 5.52. The predicted molar refractivity (Wildman–Crippen MR) is 61.2 cm³/mol. The Balaban J connectivity index is 3.33. The molecule has 92 valence electrons. The highest BCUT2D eigenvalue weighted by Gasteiger charge is 2.06. The van der Waals surface area contributed by atoms with Crippen LogP contribution >= 0.6 is 0 Å². The van der Waals surface area contributed by atoms with Crippen LogP contribution in [0.2, 0.25) is 0 Å². The predicted octanol–water partition coefficient (Wildman–Crippen LogP) is 1.05. The van der Waals surface area contributed by atoms with Crippen molar-refractivity contribution in [1.82, 2.24) is 5.32 Å². The van der Waals surface area contributed by atoms with E-state index in [2.05, 4.69) is 19.2 Å². The SMILES string of the molecule is COCCOCC(C)NC(C)CCOC. The molecule has 0 aromatic carbocycles. The molecule has 2 unspecified atom stereocenters. The van der Waals surface area contributed by atoms with Gasteiger partial charge in [0.2, 0.25) is 0 Å². The molecule has 1 N–H and O–H groups in total. The van der Waals surface area contributed by atoms with E-state index < -0.39 is 0 Å². The van der Waals surface area contributed by atoms with Crippen LogP contribution in [0.5, 0.6) is 0 Å². The number of ether oxygens (including phenoxy) is 3. The molecule has 4 nitrogen and oxygen atoms in total. The van der Waals surface area contributed by atoms with Gasteiger partial charge in [0.25, 0.3) is 0 Å². The molecular weight excluding hydrogens is 194 g/mol. The van der Waals surface area contributed by atoms with Crippen LogP contribution in [0.3, 0.4) is 0 Å². The third kappa shape index (κ3) is 10.1. The fraction of sp³-hybridized carbons (Fsp3) is 1.00. The Kier molecular flexibility index (Phi) is 10.3. The largest absolute Gasteiger partial charge is 0.385 e. The van der Waals surface area contributed by atoms with Crippen LogP contribution in [0, 0.1) is 0 Å². The van der Waals surface area contributed by atoms with Crippen LogP contribution in [0.25, 0.3) is 0 Å². The second-order valence-corrected chi connectivity index (χ2v) is 3.82. The van der Waals surface area contributed by atoms with Crippen molar-refractivity contribution in [3.63, 3.8) is 0 Å². The first kappa shape index (κ1) is 14.8. The van der Waals surface area contributed by atoms with Gasteiger partial charge in [0.15, 0.2) is 0 Å². The van der Waals surface area contributed by atoms with E-state index in [-0.39, 0.29) is 0 Å². The minimum atomic E-state index is 0.369. The molecule has 0 bridgehead atoms. The van der Waals surface area contributed by atoms with Gasteiger partial charge in [0.1, 0.15) is 0 Å². The Morgan fingerprint density at radius 2 is 1.60 bits per heavy atom. The molecule has 0 fully saturated rings. The van der Waals surface area contributed by atoms with E-state index >= 15 is 0 Å². The molecule has 0 amide bonds. The van der Waals surface area contributed by atoms with Gasteiger partial charge in [0, 0.05) is 32.9 Å². The molecule has 0 radical (unpaired) electrons. The summed E-state index contributed by atoms with van der Waals surface area (Å²) in [6.07, 6.45) is 1.03. The highest BCUT2D eigenvalue weighted by molar-refractivity contribution is 4.66. The smallest absolute Gasteiger partial charge is 0.0701 e. The molecule has 0 saturated heterocycles. The van der Waals surface area contributed by atoms with E-state index in [0.717, 1.165) is 19.6 Å². The van der Waals surface area contributed by atoms with E-state index in [4.69, 9.17) is 14.2 Å². The second kappa shape index (κ2) is 10.4. The highest BCUT2D eigenvalue weighted by Crippen LogP contribution is 1.94. The van der Waals surface area contributed by atoms with Crippen molar-refractivity contribution >= 4 is 0 Å². The molecule has 0 aromatic heterocycles. The Bertz CT molecular complexity index is 133. The van der Waals surface area contributed by atoms with Crippen molar-refractivity contribution in [2.24, 2.45) is 0 Å². The second-order valence-electron chi connectivity index (χ2n) is 3.82. The molecule has 0 aliphatic carbocycles. The number of methoxy groups -OCH3 is 2. The Morgan fingerprint density at radius 1 is 0.933 bits per heavy atom. The zero-order valence-electron chi connectivity index (χ0n) is 10.4. The molecule has 0 rings (SSSR count). The summed E-state index contributed by atoms with van der Waals surface area (Å²) in [5.41, 5.74) is 0. The van der Waals surface area contributed by atoms with Crippen molar-refractivity contribution in [3.05, 3.63) is 0 Å². The molecule has 2 atom stereocenters. The van der Waals surface area contributed by atoms with Gasteiger partial charge in [-0.1, -0.05) is 0 Å². The number of hydrogen-bond donors (Lipinski definition) is 1. The first-order valence-corrected chi connectivity index (χ1v) is 5.52. The van der Waals surface area contributed by atoms with Crippen LogP contribution in [0.15, 0.2) is 0 Å². The minimum absolute atomic E-state index is 0.369. The first-order chi connectivity index (χ1) is 7.20. The molecule has 15 heavy (non-hydrogen) atoms. The van der Waals surface area contributed by atoms with E-state index in [0.29, 0.717) is 25.3 Å². The van der Waals surface area contributed by atoms with E-state index in [1.807, 2.05) is 0 Å². The summed E-state index contributed by atoms with van der Waals surface area (Å²) in [4.78, 5) is 0. The van der Waals surface area contributed by atoms with Gasteiger partial charge in [-0.15, -0.1) is 0 Å². The van der Waals surface area contributed by atoms with Gasteiger partial charge >= 0.3 is 0 Å². The van der Waals surface area contributed by atoms with Gasteiger partial charge in [0.05, 0.1) is 19.8 Å². The Morgan fingerprint density at radius 3 is 2.20 bits per heavy atom. The summed E-state index contributed by atoms with van der Waals surface area (Å²) in [6, 6.07) is 0.833. The van der Waals surface area contributed by atoms with Crippen LogP contribution in [0.1, 0.15) is 20.3 Å². The third-order valence-electron chi connectivity index (χ3n) is 2.12. The van der Waals surface area contributed by atoms with E-state index in [9.17, 15) is 0 Å². The van der Waals surface area contributed by atoms with Crippen LogP contribution < -0.4 is 5.32 Å². The van der Waals surface area contributed by atoms with Crippen molar-refractivity contribution in [3.8, 4) is 0 Å². The maximum absolute atomic E-state index is 5.42. The average Bonchev–Trinajstić information content (AvgIpc) is 2.21. The zero-order valence-corrected chi connectivity index (χ0v) is 10.4. The lowest BCUT2D eigenvalue weighted by Crippen LogP contribution is -2.38. The lowest BCUT2D eigenvalue weighted by molar-refractivity contribution is 0.0589. The van der Waals surface area contributed by atoms with Gasteiger partial charge in [-0.05, 0) is 20.3 Å². The fourth-order valence-corrected chi connectivity index (χ4v) is 1.31. The molecule has 0 aromatic rings. The van der Waals surface area contributed by atoms with Crippen LogP contribution in [-0.2, 0) is 14.2 Å². The normalized spacial score (nSPS) is 15.2. The topological polar surface area (TPSA) is 39.7 Å². The van der Waals surface area contributed by atoms with Crippen molar-refractivity contribution in [2.75, 3.05) is 40.6 Å². The van der Waals surface area contributed by atoms with E-state index in [1.54, 1.807) is 14.2 Å². The van der Waals surface area contributed by atoms with Gasteiger partial charge in [-0.3, -0.25) is 0 Å². The molecular formula is C11H25NO3. The van der Waals surface area contributed by atoms with Crippen LogP contribution in [-0.4, -0.2) is 52.7 Å². The summed E-state index contributed by atoms with van der Waals surface area (Å²) < 4.78 is 15.3. The van der Waals surface area contributed by atoms with Crippen molar-refractivity contribution < 1.29 is 14.2 Å². The number of hydrogen-bond acceptors (Lipinski definition) is 4. The minimum Gasteiger partial charge on any atom is -0.385 e. The monoisotopic (exact) mass is 219 g/mol. The standard InChI is InChI=1S/C11H25NO3/c1-10(5-6-13-3)12-11(2)9-15-8-7-14-4/h10-12H,5-9H2,1-4H3. The fourth-order valence-electron chi connectivity index (χ4n) is 1.31. The molecule has 0 saturated carbocycles. The van der Waals surface area contributed by atoms with Crippen molar-refractivity contribution in [2.45, 2.75) is 32.4 Å². The van der Waals surface area contributed by atoms with Crippen molar-refractivity contribution in [1.29, 1.82) is 0 Å². The Labute approximate surface area is 93.3 Å². The summed E-state index contributed by atoms with van der Waals surface area (Å²) in [5.74, 6) is 0. The van der Waals surface area contributed by atoms with E-state index in [1.165, 1.54) is 0 Å².